The predicted octanol–water partition coefficient (Wildman–Crippen LogP) is 1.91. The second-order valence-electron chi connectivity index (χ2n) is 9.04. The number of aromatic hydroxyl groups is 1. The largest absolute Gasteiger partial charge is 0.503 e. The fourth-order valence-corrected chi connectivity index (χ4v) is 4.45. The van der Waals surface area contributed by atoms with Crippen molar-refractivity contribution in [3.8, 4) is 5.75 Å². The van der Waals surface area contributed by atoms with Crippen LogP contribution in [0.1, 0.15) is 53.1 Å². The highest BCUT2D eigenvalue weighted by Gasteiger charge is 2.43. The summed E-state index contributed by atoms with van der Waals surface area (Å²) in [6.45, 7) is 5.19. The fraction of sp³-hybridized carbons (Fsp3) is 0.435. The number of aromatic nitrogens is 1. The summed E-state index contributed by atoms with van der Waals surface area (Å²) in [5.74, 6) is -2.19. The number of hydrogen-bond acceptors (Lipinski definition) is 5. The van der Waals surface area contributed by atoms with Gasteiger partial charge in [-0.3, -0.25) is 19.3 Å². The average molecular weight is 442 g/mol. The Morgan fingerprint density at radius 2 is 1.94 bits per heavy atom. The molecular weight excluding hydrogens is 415 g/mol. The van der Waals surface area contributed by atoms with E-state index in [1.807, 2.05) is 7.05 Å². The van der Waals surface area contributed by atoms with E-state index in [1.165, 1.54) is 35.0 Å². The molecule has 1 unspecified atom stereocenters. The molecule has 9 heteroatoms. The smallest absolute Gasteiger partial charge is 0.275 e. The summed E-state index contributed by atoms with van der Waals surface area (Å²) in [4.78, 5) is 42.5. The number of carbonyl (C=O) groups is 2. The number of hydrogen-bond donors (Lipinski definition) is 2. The van der Waals surface area contributed by atoms with Crippen molar-refractivity contribution in [1.29, 1.82) is 0 Å². The summed E-state index contributed by atoms with van der Waals surface area (Å²) in [6, 6.07) is 5.62. The van der Waals surface area contributed by atoms with E-state index in [9.17, 15) is 23.9 Å². The number of halogens is 1. The number of fused-ring (bicyclic) bond motifs is 2. The van der Waals surface area contributed by atoms with Crippen LogP contribution < -0.4 is 10.7 Å². The zero-order valence-corrected chi connectivity index (χ0v) is 18.4. The molecule has 0 aliphatic carbocycles. The maximum Gasteiger partial charge on any atom is 0.275 e. The molecule has 0 radical (unpaired) electrons. The van der Waals surface area contributed by atoms with Crippen LogP contribution >= 0.6 is 0 Å². The first-order chi connectivity index (χ1) is 15.1. The van der Waals surface area contributed by atoms with Gasteiger partial charge in [0.15, 0.2) is 11.4 Å². The molecule has 32 heavy (non-hydrogen) atoms. The minimum absolute atomic E-state index is 0.0885. The van der Waals surface area contributed by atoms with E-state index in [4.69, 9.17) is 0 Å². The maximum atomic E-state index is 13.2. The lowest BCUT2D eigenvalue weighted by molar-refractivity contribution is -0.000146. The first-order valence-electron chi connectivity index (χ1n) is 10.6. The lowest BCUT2D eigenvalue weighted by atomic mass is 9.97. The number of likely N-dealkylation sites (N-methyl/N-ethyl adjacent to an activating group) is 1. The van der Waals surface area contributed by atoms with Crippen molar-refractivity contribution >= 4 is 11.8 Å². The Balaban J connectivity index is 1.65. The SMILES string of the molecule is CN1C2Cn3cc(C(=O)NCc4ccc(F)cc4)c(=O)c(O)c3C(=O)N2CCCC1(C)C. The summed E-state index contributed by atoms with van der Waals surface area (Å²) >= 11 is 0. The van der Waals surface area contributed by atoms with Gasteiger partial charge >= 0.3 is 0 Å². The fourth-order valence-electron chi connectivity index (χ4n) is 4.45. The Hall–Kier alpha value is -3.20. The lowest BCUT2D eigenvalue weighted by Crippen LogP contribution is -2.59. The normalized spacial score (nSPS) is 20.3. The van der Waals surface area contributed by atoms with Crippen LogP contribution in [0.15, 0.2) is 35.3 Å². The highest BCUT2D eigenvalue weighted by Crippen LogP contribution is 2.32. The van der Waals surface area contributed by atoms with Gasteiger partial charge in [0.25, 0.3) is 11.8 Å². The number of carbonyl (C=O) groups excluding carboxylic acids is 2. The van der Waals surface area contributed by atoms with E-state index in [-0.39, 0.29) is 35.3 Å². The molecule has 2 aliphatic rings. The second-order valence-corrected chi connectivity index (χ2v) is 9.04. The number of nitrogens with zero attached hydrogens (tertiary/aromatic N) is 3. The zero-order valence-electron chi connectivity index (χ0n) is 18.4. The van der Waals surface area contributed by atoms with E-state index in [2.05, 4.69) is 24.1 Å². The van der Waals surface area contributed by atoms with E-state index >= 15 is 0 Å². The minimum Gasteiger partial charge on any atom is -0.503 e. The van der Waals surface area contributed by atoms with Gasteiger partial charge in [0.1, 0.15) is 17.5 Å². The van der Waals surface area contributed by atoms with Gasteiger partial charge in [0.2, 0.25) is 5.43 Å². The molecule has 0 spiro atoms. The molecule has 2 amide bonds. The molecule has 1 aromatic heterocycles. The Kier molecular flexibility index (Phi) is 5.54. The molecule has 2 aromatic rings. The third-order valence-electron chi connectivity index (χ3n) is 6.64. The quantitative estimate of drug-likeness (QED) is 0.757. The Morgan fingerprint density at radius 1 is 1.25 bits per heavy atom. The van der Waals surface area contributed by atoms with E-state index < -0.39 is 23.0 Å². The van der Waals surface area contributed by atoms with Gasteiger partial charge in [-0.1, -0.05) is 12.1 Å². The highest BCUT2D eigenvalue weighted by atomic mass is 19.1. The van der Waals surface area contributed by atoms with Crippen molar-refractivity contribution < 1.29 is 19.1 Å². The van der Waals surface area contributed by atoms with Crippen LogP contribution in [0.25, 0.3) is 0 Å². The van der Waals surface area contributed by atoms with Crippen LogP contribution in [0.2, 0.25) is 0 Å². The predicted molar refractivity (Wildman–Crippen MR) is 116 cm³/mol. The third-order valence-corrected chi connectivity index (χ3v) is 6.64. The van der Waals surface area contributed by atoms with Crippen LogP contribution in [0.5, 0.6) is 5.75 Å². The third kappa shape index (κ3) is 3.77. The van der Waals surface area contributed by atoms with Gasteiger partial charge in [-0.05, 0) is 51.4 Å². The van der Waals surface area contributed by atoms with E-state index in [0.29, 0.717) is 18.7 Å². The van der Waals surface area contributed by atoms with Crippen LogP contribution in [0.4, 0.5) is 4.39 Å². The molecule has 1 aromatic carbocycles. The van der Waals surface area contributed by atoms with E-state index in [1.54, 1.807) is 4.90 Å². The van der Waals surface area contributed by atoms with Crippen LogP contribution in [0, 0.1) is 5.82 Å². The molecule has 0 bridgehead atoms. The number of pyridine rings is 1. The summed E-state index contributed by atoms with van der Waals surface area (Å²) in [7, 11) is 1.96. The van der Waals surface area contributed by atoms with Gasteiger partial charge in [0.05, 0.1) is 6.54 Å². The van der Waals surface area contributed by atoms with Crippen LogP contribution in [-0.2, 0) is 13.1 Å². The van der Waals surface area contributed by atoms with Gasteiger partial charge in [0, 0.05) is 24.8 Å². The van der Waals surface area contributed by atoms with Crippen LogP contribution in [0.3, 0.4) is 0 Å². The van der Waals surface area contributed by atoms with Crippen molar-refractivity contribution in [3.63, 3.8) is 0 Å². The summed E-state index contributed by atoms with van der Waals surface area (Å²) < 4.78 is 14.6. The molecule has 1 atom stereocenters. The average Bonchev–Trinajstić information content (AvgIpc) is 2.86. The maximum absolute atomic E-state index is 13.2. The summed E-state index contributed by atoms with van der Waals surface area (Å²) in [5.41, 5.74) is -0.689. The molecule has 1 fully saturated rings. The van der Waals surface area contributed by atoms with Crippen molar-refractivity contribution in [1.82, 2.24) is 19.7 Å². The van der Waals surface area contributed by atoms with Crippen LogP contribution in [-0.4, -0.2) is 56.6 Å². The van der Waals surface area contributed by atoms with Gasteiger partial charge in [-0.15, -0.1) is 0 Å². The molecule has 3 heterocycles. The molecule has 170 valence electrons. The summed E-state index contributed by atoms with van der Waals surface area (Å²) in [6.07, 6.45) is 2.80. The lowest BCUT2D eigenvalue weighted by Gasteiger charge is -2.45. The minimum atomic E-state index is -0.886. The molecule has 1 saturated heterocycles. The van der Waals surface area contributed by atoms with Crippen molar-refractivity contribution in [2.45, 2.75) is 51.5 Å². The molecule has 8 nitrogen and oxygen atoms in total. The van der Waals surface area contributed by atoms with Crippen molar-refractivity contribution in [2.75, 3.05) is 13.6 Å². The molecule has 4 rings (SSSR count). The Morgan fingerprint density at radius 3 is 2.62 bits per heavy atom. The number of benzene rings is 1. The first-order valence-corrected chi connectivity index (χ1v) is 10.6. The van der Waals surface area contributed by atoms with E-state index in [0.717, 1.165) is 12.8 Å². The van der Waals surface area contributed by atoms with Crippen molar-refractivity contribution in [3.05, 3.63) is 63.3 Å². The highest BCUT2D eigenvalue weighted by molar-refractivity contribution is 5.99. The van der Waals surface area contributed by atoms with Gasteiger partial charge in [-0.2, -0.15) is 0 Å². The molecule has 0 saturated carbocycles. The van der Waals surface area contributed by atoms with Gasteiger partial charge < -0.3 is 19.9 Å². The Labute approximate surface area is 185 Å². The van der Waals surface area contributed by atoms with Crippen molar-refractivity contribution in [2.24, 2.45) is 0 Å². The summed E-state index contributed by atoms with van der Waals surface area (Å²) in [5, 5.41) is 13.2. The topological polar surface area (TPSA) is 94.9 Å². The number of amides is 2. The van der Waals surface area contributed by atoms with Gasteiger partial charge in [-0.25, -0.2) is 4.39 Å². The molecule has 2 aliphatic heterocycles. The molecular formula is C23H27FN4O4. The standard InChI is InChI=1S/C23H27FN4O4/c1-23(2)9-4-10-28-17(26(23)3)13-27-12-16(19(29)20(30)18(27)22(28)32)21(31)25-11-14-5-7-15(24)8-6-14/h5-8,12,17,30H,4,9-11,13H2,1-3H3,(H,25,31). The molecule has 2 N–H and O–H groups in total. The second kappa shape index (κ2) is 8.05. The zero-order chi connectivity index (χ0) is 23.2. The Bertz CT molecular complexity index is 1130. The number of nitrogens with one attached hydrogen (secondary N) is 1. The first kappa shape index (κ1) is 22.0. The monoisotopic (exact) mass is 442 g/mol. The number of rotatable bonds is 3.